The molecule has 0 aliphatic carbocycles. The Morgan fingerprint density at radius 2 is 1.77 bits per heavy atom. The third-order valence-electron chi connectivity index (χ3n) is 5.55. The molecule has 4 rings (SSSR count). The first-order chi connectivity index (χ1) is 17.0. The number of fused-ring (bicyclic) bond motifs is 1. The van der Waals surface area contributed by atoms with Crippen molar-refractivity contribution in [3.63, 3.8) is 0 Å². The van der Waals surface area contributed by atoms with E-state index in [1.165, 1.54) is 17.8 Å². The molecule has 0 saturated carbocycles. The van der Waals surface area contributed by atoms with Crippen LogP contribution in [-0.4, -0.2) is 25.5 Å². The Kier molecular flexibility index (Phi) is 7.77. The van der Waals surface area contributed by atoms with Gasteiger partial charge in [-0.1, -0.05) is 59.8 Å². The molecule has 0 saturated heterocycles. The Morgan fingerprint density at radius 3 is 2.51 bits per heavy atom. The standard InChI is InChI=1S/C28H28N2O4S/c1-4-34-23-14-13-21(15-24(23)33-3)17-29-27(31)16-26-28(32)30(18-20-11-9-19(2)10-12-20)22-7-5-6-8-25(22)35-26/h5-16H,4,17-18H2,1-3H3,(H,29,31)/b26-16-. The van der Waals surface area contributed by atoms with E-state index in [1.807, 2.05) is 80.6 Å². The summed E-state index contributed by atoms with van der Waals surface area (Å²) in [4.78, 5) is 29.2. The van der Waals surface area contributed by atoms with E-state index in [1.54, 1.807) is 12.0 Å². The number of rotatable bonds is 8. The van der Waals surface area contributed by atoms with Crippen LogP contribution in [0.3, 0.4) is 0 Å². The van der Waals surface area contributed by atoms with Crippen LogP contribution >= 0.6 is 11.8 Å². The Balaban J connectivity index is 1.50. The first-order valence-corrected chi connectivity index (χ1v) is 12.2. The van der Waals surface area contributed by atoms with Crippen LogP contribution in [-0.2, 0) is 22.7 Å². The summed E-state index contributed by atoms with van der Waals surface area (Å²) in [6.07, 6.45) is 1.39. The third-order valence-corrected chi connectivity index (χ3v) is 6.63. The first kappa shape index (κ1) is 24.4. The van der Waals surface area contributed by atoms with Gasteiger partial charge in [-0.15, -0.1) is 0 Å². The largest absolute Gasteiger partial charge is 0.493 e. The summed E-state index contributed by atoms with van der Waals surface area (Å²) in [5.41, 5.74) is 3.91. The summed E-state index contributed by atoms with van der Waals surface area (Å²) < 4.78 is 10.9. The van der Waals surface area contributed by atoms with Crippen molar-refractivity contribution in [2.24, 2.45) is 0 Å². The van der Waals surface area contributed by atoms with Gasteiger partial charge >= 0.3 is 0 Å². The molecule has 1 aliphatic heterocycles. The highest BCUT2D eigenvalue weighted by atomic mass is 32.2. The zero-order chi connectivity index (χ0) is 24.8. The van der Waals surface area contributed by atoms with Crippen molar-refractivity contribution in [2.45, 2.75) is 31.8 Å². The SMILES string of the molecule is CCOc1ccc(CNC(=O)/C=C2\Sc3ccccc3N(Cc3ccc(C)cc3)C2=O)cc1OC. The molecule has 1 N–H and O–H groups in total. The summed E-state index contributed by atoms with van der Waals surface area (Å²) in [5, 5.41) is 2.87. The van der Waals surface area contributed by atoms with E-state index in [0.717, 1.165) is 27.3 Å². The highest BCUT2D eigenvalue weighted by Crippen LogP contribution is 2.41. The predicted octanol–water partition coefficient (Wildman–Crippen LogP) is 5.24. The molecular formula is C28H28N2O4S. The fraction of sp³-hybridized carbons (Fsp3) is 0.214. The normalized spacial score (nSPS) is 14.0. The van der Waals surface area contributed by atoms with Crippen LogP contribution in [0.5, 0.6) is 11.5 Å². The molecule has 0 bridgehead atoms. The predicted molar refractivity (Wildman–Crippen MR) is 139 cm³/mol. The summed E-state index contributed by atoms with van der Waals surface area (Å²) in [7, 11) is 1.58. The van der Waals surface area contributed by atoms with Gasteiger partial charge in [-0.3, -0.25) is 9.59 Å². The van der Waals surface area contributed by atoms with Gasteiger partial charge in [0.15, 0.2) is 11.5 Å². The number of methoxy groups -OCH3 is 1. The number of para-hydroxylation sites is 1. The Hall–Kier alpha value is -3.71. The monoisotopic (exact) mass is 488 g/mol. The van der Waals surface area contributed by atoms with Gasteiger partial charge in [0.25, 0.3) is 5.91 Å². The zero-order valence-corrected chi connectivity index (χ0v) is 20.9. The van der Waals surface area contributed by atoms with Gasteiger partial charge in [0.05, 0.1) is 30.9 Å². The van der Waals surface area contributed by atoms with E-state index in [-0.39, 0.29) is 11.8 Å². The molecule has 0 fully saturated rings. The fourth-order valence-electron chi connectivity index (χ4n) is 3.75. The molecule has 0 spiro atoms. The maximum Gasteiger partial charge on any atom is 0.265 e. The molecule has 0 unspecified atom stereocenters. The van der Waals surface area contributed by atoms with Crippen molar-refractivity contribution in [3.05, 3.63) is 94.4 Å². The number of carbonyl (C=O) groups excluding carboxylic acids is 2. The lowest BCUT2D eigenvalue weighted by atomic mass is 10.1. The Morgan fingerprint density at radius 1 is 1.03 bits per heavy atom. The second-order valence-electron chi connectivity index (χ2n) is 8.09. The fourth-order valence-corrected chi connectivity index (χ4v) is 4.78. The van der Waals surface area contributed by atoms with Crippen molar-refractivity contribution >= 4 is 29.3 Å². The lowest BCUT2D eigenvalue weighted by Gasteiger charge is -2.30. The first-order valence-electron chi connectivity index (χ1n) is 11.4. The molecule has 2 amide bonds. The average Bonchev–Trinajstić information content (AvgIpc) is 2.87. The topological polar surface area (TPSA) is 67.9 Å². The number of carbonyl (C=O) groups is 2. The average molecular weight is 489 g/mol. The lowest BCUT2D eigenvalue weighted by Crippen LogP contribution is -2.34. The molecule has 3 aromatic carbocycles. The molecule has 6 nitrogen and oxygen atoms in total. The Labute approximate surface area is 209 Å². The van der Waals surface area contributed by atoms with Crippen molar-refractivity contribution < 1.29 is 19.1 Å². The number of aryl methyl sites for hydroxylation is 1. The highest BCUT2D eigenvalue weighted by Gasteiger charge is 2.29. The Bertz CT molecular complexity index is 1250. The van der Waals surface area contributed by atoms with E-state index < -0.39 is 0 Å². The van der Waals surface area contributed by atoms with Crippen LogP contribution < -0.4 is 19.7 Å². The van der Waals surface area contributed by atoms with Gasteiger partial charge in [-0.05, 0) is 49.2 Å². The number of hydrogen-bond acceptors (Lipinski definition) is 5. The molecular weight excluding hydrogens is 460 g/mol. The molecule has 180 valence electrons. The summed E-state index contributed by atoms with van der Waals surface area (Å²) in [6.45, 7) is 5.21. The summed E-state index contributed by atoms with van der Waals surface area (Å²) in [6, 6.07) is 21.4. The van der Waals surface area contributed by atoms with Crippen molar-refractivity contribution in [2.75, 3.05) is 18.6 Å². The van der Waals surface area contributed by atoms with Gasteiger partial charge in [0.1, 0.15) is 0 Å². The number of nitrogens with one attached hydrogen (secondary N) is 1. The van der Waals surface area contributed by atoms with Crippen LogP contribution in [0, 0.1) is 6.92 Å². The van der Waals surface area contributed by atoms with Crippen molar-refractivity contribution in [1.29, 1.82) is 0 Å². The highest BCUT2D eigenvalue weighted by molar-refractivity contribution is 8.04. The number of benzene rings is 3. The molecule has 1 heterocycles. The number of amides is 2. The molecule has 1 aliphatic rings. The second-order valence-corrected chi connectivity index (χ2v) is 9.18. The van der Waals surface area contributed by atoms with Gasteiger partial charge in [0.2, 0.25) is 5.91 Å². The molecule has 35 heavy (non-hydrogen) atoms. The number of anilines is 1. The van der Waals surface area contributed by atoms with E-state index in [9.17, 15) is 9.59 Å². The maximum atomic E-state index is 13.4. The van der Waals surface area contributed by atoms with Gasteiger partial charge in [-0.25, -0.2) is 0 Å². The summed E-state index contributed by atoms with van der Waals surface area (Å²) in [5.74, 6) is 0.748. The minimum absolute atomic E-state index is 0.188. The van der Waals surface area contributed by atoms with E-state index in [2.05, 4.69) is 5.32 Å². The molecule has 0 atom stereocenters. The third kappa shape index (κ3) is 5.87. The molecule has 0 radical (unpaired) electrons. The van der Waals surface area contributed by atoms with Crippen LogP contribution in [0.1, 0.15) is 23.6 Å². The van der Waals surface area contributed by atoms with Crippen molar-refractivity contribution in [1.82, 2.24) is 5.32 Å². The van der Waals surface area contributed by atoms with Gasteiger partial charge in [-0.2, -0.15) is 0 Å². The van der Waals surface area contributed by atoms with Crippen LogP contribution in [0.15, 0.2) is 82.6 Å². The van der Waals surface area contributed by atoms with E-state index in [4.69, 9.17) is 9.47 Å². The number of ether oxygens (including phenoxy) is 2. The molecule has 3 aromatic rings. The maximum absolute atomic E-state index is 13.4. The summed E-state index contributed by atoms with van der Waals surface area (Å²) >= 11 is 1.32. The van der Waals surface area contributed by atoms with Crippen molar-refractivity contribution in [3.8, 4) is 11.5 Å². The number of hydrogen-bond donors (Lipinski definition) is 1. The van der Waals surface area contributed by atoms with Gasteiger partial charge < -0.3 is 19.7 Å². The lowest BCUT2D eigenvalue weighted by molar-refractivity contribution is -0.118. The minimum atomic E-state index is -0.330. The number of nitrogens with zero attached hydrogens (tertiary/aromatic N) is 1. The van der Waals surface area contributed by atoms with Gasteiger partial charge in [0, 0.05) is 17.5 Å². The molecule has 7 heteroatoms. The van der Waals surface area contributed by atoms with Crippen LogP contribution in [0.25, 0.3) is 0 Å². The zero-order valence-electron chi connectivity index (χ0n) is 20.0. The van der Waals surface area contributed by atoms with E-state index >= 15 is 0 Å². The number of thioether (sulfide) groups is 1. The van der Waals surface area contributed by atoms with Crippen LogP contribution in [0.2, 0.25) is 0 Å². The van der Waals surface area contributed by atoms with Crippen LogP contribution in [0.4, 0.5) is 5.69 Å². The quantitative estimate of drug-likeness (QED) is 0.439. The second kappa shape index (κ2) is 11.1. The minimum Gasteiger partial charge on any atom is -0.493 e. The smallest absolute Gasteiger partial charge is 0.265 e. The van der Waals surface area contributed by atoms with E-state index in [0.29, 0.717) is 36.1 Å². The molecule has 0 aromatic heterocycles.